The first-order valence-corrected chi connectivity index (χ1v) is 11.0. The molecule has 31 heavy (non-hydrogen) atoms. The second-order valence-electron chi connectivity index (χ2n) is 8.36. The molecule has 6 rings (SSSR count). The van der Waals surface area contributed by atoms with E-state index in [1.807, 2.05) is 18.2 Å². The molecular formula is C26H23ClN2O2. The van der Waals surface area contributed by atoms with Crippen LogP contribution >= 0.6 is 11.6 Å². The normalized spacial score (nSPS) is 17.8. The van der Waals surface area contributed by atoms with Gasteiger partial charge in [-0.1, -0.05) is 48.0 Å². The van der Waals surface area contributed by atoms with Gasteiger partial charge in [0.15, 0.2) is 11.5 Å². The van der Waals surface area contributed by atoms with Crippen LogP contribution in [0, 0.1) is 0 Å². The number of nitrogens with zero attached hydrogens (tertiary/aromatic N) is 2. The van der Waals surface area contributed by atoms with Gasteiger partial charge in [-0.25, -0.2) is 0 Å². The zero-order valence-electron chi connectivity index (χ0n) is 17.3. The molecule has 0 saturated heterocycles. The molecule has 0 saturated carbocycles. The lowest BCUT2D eigenvalue weighted by molar-refractivity contribution is 0.174. The van der Waals surface area contributed by atoms with E-state index in [0.29, 0.717) is 6.79 Å². The van der Waals surface area contributed by atoms with Crippen molar-refractivity contribution in [1.29, 1.82) is 0 Å². The highest BCUT2D eigenvalue weighted by Gasteiger charge is 2.31. The number of rotatable bonds is 3. The fraction of sp³-hybridized carbons (Fsp3) is 0.231. The van der Waals surface area contributed by atoms with Crippen LogP contribution in [0.3, 0.4) is 0 Å². The minimum Gasteiger partial charge on any atom is -0.454 e. The van der Waals surface area contributed by atoms with E-state index in [9.17, 15) is 0 Å². The fourth-order valence-corrected chi connectivity index (χ4v) is 5.17. The lowest BCUT2D eigenvalue weighted by atomic mass is 9.88. The summed E-state index contributed by atoms with van der Waals surface area (Å²) in [5, 5.41) is 2.08. The molecule has 0 aliphatic carbocycles. The third-order valence-electron chi connectivity index (χ3n) is 6.52. The average molecular weight is 431 g/mol. The number of hydrogen-bond acceptors (Lipinski definition) is 3. The van der Waals surface area contributed by atoms with Gasteiger partial charge in [0, 0.05) is 35.2 Å². The van der Waals surface area contributed by atoms with Crippen LogP contribution in [0.25, 0.3) is 10.9 Å². The van der Waals surface area contributed by atoms with Gasteiger partial charge < -0.3 is 14.0 Å². The third kappa shape index (κ3) is 3.10. The van der Waals surface area contributed by atoms with E-state index < -0.39 is 0 Å². The SMILES string of the molecule is CN1CCc2cc3c(cc2C1c1cn(Cc2ccccc2Cl)c2ccccc12)OCO3. The summed E-state index contributed by atoms with van der Waals surface area (Å²) in [5.41, 5.74) is 6.30. The molecular weight excluding hydrogens is 408 g/mol. The maximum atomic E-state index is 6.48. The first-order chi connectivity index (χ1) is 15.2. The van der Waals surface area contributed by atoms with Gasteiger partial charge in [-0.05, 0) is 60.0 Å². The van der Waals surface area contributed by atoms with E-state index in [0.717, 1.165) is 41.6 Å². The van der Waals surface area contributed by atoms with Crippen molar-refractivity contribution in [2.75, 3.05) is 20.4 Å². The third-order valence-corrected chi connectivity index (χ3v) is 6.88. The first kappa shape index (κ1) is 18.8. The van der Waals surface area contributed by atoms with Crippen LogP contribution in [0.5, 0.6) is 11.5 Å². The molecule has 3 heterocycles. The van der Waals surface area contributed by atoms with Crippen LogP contribution < -0.4 is 9.47 Å². The van der Waals surface area contributed by atoms with Gasteiger partial charge in [0.2, 0.25) is 6.79 Å². The Morgan fingerprint density at radius 3 is 2.61 bits per heavy atom. The zero-order valence-corrected chi connectivity index (χ0v) is 18.1. The minimum atomic E-state index is 0.163. The quantitative estimate of drug-likeness (QED) is 0.420. The average Bonchev–Trinajstić information content (AvgIpc) is 3.38. The van der Waals surface area contributed by atoms with Gasteiger partial charge in [0.05, 0.1) is 6.04 Å². The molecule has 156 valence electrons. The largest absolute Gasteiger partial charge is 0.454 e. The van der Waals surface area contributed by atoms with Crippen LogP contribution in [0.1, 0.15) is 28.3 Å². The van der Waals surface area contributed by atoms with E-state index in [4.69, 9.17) is 21.1 Å². The number of para-hydroxylation sites is 1. The summed E-state index contributed by atoms with van der Waals surface area (Å²) >= 11 is 6.48. The number of likely N-dealkylation sites (N-methyl/N-ethyl adjacent to an activating group) is 1. The molecule has 2 aliphatic heterocycles. The number of fused-ring (bicyclic) bond motifs is 3. The van der Waals surface area contributed by atoms with Crippen LogP contribution in [0.4, 0.5) is 0 Å². The van der Waals surface area contributed by atoms with Gasteiger partial charge in [0.25, 0.3) is 0 Å². The van der Waals surface area contributed by atoms with E-state index in [1.165, 1.54) is 27.6 Å². The molecule has 4 nitrogen and oxygen atoms in total. The van der Waals surface area contributed by atoms with Gasteiger partial charge in [-0.2, -0.15) is 0 Å². The van der Waals surface area contributed by atoms with Crippen molar-refractivity contribution in [1.82, 2.24) is 9.47 Å². The van der Waals surface area contributed by atoms with Crippen molar-refractivity contribution in [2.45, 2.75) is 19.0 Å². The molecule has 5 heteroatoms. The Morgan fingerprint density at radius 1 is 0.968 bits per heavy atom. The summed E-state index contributed by atoms with van der Waals surface area (Å²) in [6, 6.07) is 21.2. The molecule has 0 amide bonds. The molecule has 1 aromatic heterocycles. The number of aromatic nitrogens is 1. The molecule has 2 aliphatic rings. The lowest BCUT2D eigenvalue weighted by Crippen LogP contribution is -2.32. The highest BCUT2D eigenvalue weighted by atomic mass is 35.5. The highest BCUT2D eigenvalue weighted by Crippen LogP contribution is 2.44. The second-order valence-corrected chi connectivity index (χ2v) is 8.77. The van der Waals surface area contributed by atoms with Crippen molar-refractivity contribution in [2.24, 2.45) is 0 Å². The topological polar surface area (TPSA) is 26.6 Å². The Morgan fingerprint density at radius 2 is 1.74 bits per heavy atom. The number of benzene rings is 3. The molecule has 4 aromatic rings. The predicted molar refractivity (Wildman–Crippen MR) is 123 cm³/mol. The molecule has 0 bridgehead atoms. The summed E-state index contributed by atoms with van der Waals surface area (Å²) in [4.78, 5) is 2.44. The van der Waals surface area contributed by atoms with Crippen molar-refractivity contribution >= 4 is 22.5 Å². The van der Waals surface area contributed by atoms with E-state index >= 15 is 0 Å². The molecule has 1 atom stereocenters. The van der Waals surface area contributed by atoms with Gasteiger partial charge in [0.1, 0.15) is 0 Å². The van der Waals surface area contributed by atoms with Crippen molar-refractivity contribution < 1.29 is 9.47 Å². The predicted octanol–water partition coefficient (Wildman–Crippen LogP) is 5.65. The molecule has 3 aromatic carbocycles. The summed E-state index contributed by atoms with van der Waals surface area (Å²) in [6.07, 6.45) is 3.31. The molecule has 0 fully saturated rings. The Hall–Kier alpha value is -2.95. The Labute approximate surface area is 186 Å². The van der Waals surface area contributed by atoms with E-state index in [1.54, 1.807) is 0 Å². The zero-order chi connectivity index (χ0) is 20.9. The maximum Gasteiger partial charge on any atom is 0.231 e. The van der Waals surface area contributed by atoms with Crippen LogP contribution in [-0.4, -0.2) is 29.9 Å². The maximum absolute atomic E-state index is 6.48. The van der Waals surface area contributed by atoms with Crippen LogP contribution in [0.2, 0.25) is 5.02 Å². The summed E-state index contributed by atoms with van der Waals surface area (Å²) < 4.78 is 13.7. The van der Waals surface area contributed by atoms with Crippen molar-refractivity contribution in [3.8, 4) is 11.5 Å². The summed E-state index contributed by atoms with van der Waals surface area (Å²) in [7, 11) is 2.21. The van der Waals surface area contributed by atoms with Crippen LogP contribution in [-0.2, 0) is 13.0 Å². The Kier molecular flexibility index (Phi) is 4.44. The second kappa shape index (κ2) is 7.33. The van der Waals surface area contributed by atoms with Gasteiger partial charge in [-0.3, -0.25) is 4.90 Å². The molecule has 0 N–H and O–H groups in total. The molecule has 0 radical (unpaired) electrons. The molecule has 1 unspecified atom stereocenters. The molecule has 0 spiro atoms. The van der Waals surface area contributed by atoms with Crippen molar-refractivity contribution in [3.05, 3.63) is 94.1 Å². The summed E-state index contributed by atoms with van der Waals surface area (Å²) in [5.74, 6) is 1.71. The van der Waals surface area contributed by atoms with Gasteiger partial charge >= 0.3 is 0 Å². The number of hydrogen-bond donors (Lipinski definition) is 0. The fourth-order valence-electron chi connectivity index (χ4n) is 4.97. The smallest absolute Gasteiger partial charge is 0.231 e. The lowest BCUT2D eigenvalue weighted by Gasteiger charge is -2.34. The standard InChI is InChI=1S/C26H23ClN2O2/c1-28-11-10-17-12-24-25(31-16-30-24)13-20(17)26(28)21-15-29(23-9-5-3-7-19(21)23)14-18-6-2-4-8-22(18)27/h2-9,12-13,15,26H,10-11,14,16H2,1H3. The minimum absolute atomic E-state index is 0.163. The Balaban J connectivity index is 1.50. The monoisotopic (exact) mass is 430 g/mol. The van der Waals surface area contributed by atoms with Crippen molar-refractivity contribution in [3.63, 3.8) is 0 Å². The van der Waals surface area contributed by atoms with Gasteiger partial charge in [-0.15, -0.1) is 0 Å². The first-order valence-electron chi connectivity index (χ1n) is 10.6. The highest BCUT2D eigenvalue weighted by molar-refractivity contribution is 6.31. The summed E-state index contributed by atoms with van der Waals surface area (Å²) in [6.45, 7) is 2.04. The van der Waals surface area contributed by atoms with E-state index in [2.05, 4.69) is 65.2 Å². The van der Waals surface area contributed by atoms with Crippen LogP contribution in [0.15, 0.2) is 66.9 Å². The number of ether oxygens (including phenoxy) is 2. The Bertz CT molecular complexity index is 1300. The number of halogens is 1. The van der Waals surface area contributed by atoms with E-state index in [-0.39, 0.29) is 6.04 Å².